The van der Waals surface area contributed by atoms with Gasteiger partial charge in [-0.1, -0.05) is 0 Å². The second-order valence-corrected chi connectivity index (χ2v) is 5.22. The third kappa shape index (κ3) is 4.16. The number of nitro groups is 1. The zero-order valence-corrected chi connectivity index (χ0v) is 12.2. The molecule has 0 aromatic carbocycles. The lowest BCUT2D eigenvalue weighted by Gasteiger charge is -2.20. The van der Waals surface area contributed by atoms with Crippen molar-refractivity contribution in [1.82, 2.24) is 0 Å². The van der Waals surface area contributed by atoms with E-state index in [1.54, 1.807) is 18.9 Å². The summed E-state index contributed by atoms with van der Waals surface area (Å²) in [6, 6.07) is 3.41. The Labute approximate surface area is 121 Å². The molecule has 0 spiro atoms. The minimum atomic E-state index is -0.757. The largest absolute Gasteiger partial charge is 0.388 e. The smallest absolute Gasteiger partial charge is 0.304 e. The van der Waals surface area contributed by atoms with E-state index in [0.717, 1.165) is 0 Å². The molecule has 110 valence electrons. The van der Waals surface area contributed by atoms with Crippen molar-refractivity contribution in [2.45, 2.75) is 19.4 Å². The van der Waals surface area contributed by atoms with Crippen molar-refractivity contribution in [2.24, 2.45) is 0 Å². The number of rotatable bonds is 8. The lowest BCUT2D eigenvalue weighted by atomic mass is 10.3. The molecule has 1 aromatic heterocycles. The number of anilines is 1. The van der Waals surface area contributed by atoms with Gasteiger partial charge in [0.2, 0.25) is 0 Å². The summed E-state index contributed by atoms with van der Waals surface area (Å²) in [4.78, 5) is 12.9. The van der Waals surface area contributed by atoms with Gasteiger partial charge in [0.1, 0.15) is 0 Å². The van der Waals surface area contributed by atoms with Crippen molar-refractivity contribution in [2.75, 3.05) is 31.7 Å². The molecule has 1 unspecified atom stereocenters. The Morgan fingerprint density at radius 3 is 2.85 bits per heavy atom. The number of nitrogens with zero attached hydrogens (tertiary/aromatic N) is 3. The number of hydrogen-bond acceptors (Lipinski definition) is 7. The van der Waals surface area contributed by atoms with E-state index in [4.69, 9.17) is 10.00 Å². The van der Waals surface area contributed by atoms with Crippen LogP contribution in [0.2, 0.25) is 0 Å². The highest BCUT2D eigenvalue weighted by atomic mass is 32.1. The molecule has 0 amide bonds. The first-order valence-electron chi connectivity index (χ1n) is 6.08. The third-order valence-corrected chi connectivity index (χ3v) is 4.02. The molecule has 0 fully saturated rings. The minimum absolute atomic E-state index is 0.0417. The van der Waals surface area contributed by atoms with Crippen molar-refractivity contribution in [3.8, 4) is 6.07 Å². The first kappa shape index (κ1) is 16.4. The monoisotopic (exact) mass is 299 g/mol. The molecule has 0 bridgehead atoms. The SMILES string of the molecule is COCCN(CCC#N)c1sc(C(C)O)cc1[N+](=O)[O-]. The fourth-order valence-electron chi connectivity index (χ4n) is 1.65. The third-order valence-electron chi connectivity index (χ3n) is 2.67. The van der Waals surface area contributed by atoms with Crippen molar-refractivity contribution < 1.29 is 14.8 Å². The summed E-state index contributed by atoms with van der Waals surface area (Å²) in [7, 11) is 1.55. The first-order valence-corrected chi connectivity index (χ1v) is 6.90. The van der Waals surface area contributed by atoms with Gasteiger partial charge in [-0.15, -0.1) is 11.3 Å². The van der Waals surface area contributed by atoms with Gasteiger partial charge >= 0.3 is 5.69 Å². The summed E-state index contributed by atoms with van der Waals surface area (Å²) >= 11 is 1.17. The fourth-order valence-corrected chi connectivity index (χ4v) is 2.77. The lowest BCUT2D eigenvalue weighted by molar-refractivity contribution is -0.383. The fraction of sp³-hybridized carbons (Fsp3) is 0.583. The summed E-state index contributed by atoms with van der Waals surface area (Å²) in [5.74, 6) is 0. The van der Waals surface area contributed by atoms with Crippen LogP contribution in [0, 0.1) is 21.4 Å². The number of methoxy groups -OCH3 is 1. The van der Waals surface area contributed by atoms with Crippen LogP contribution in [0.3, 0.4) is 0 Å². The average Bonchev–Trinajstić information content (AvgIpc) is 2.84. The van der Waals surface area contributed by atoms with Crippen LogP contribution in [-0.2, 0) is 4.74 Å². The molecule has 1 aromatic rings. The highest BCUT2D eigenvalue weighted by Gasteiger charge is 2.25. The maximum Gasteiger partial charge on any atom is 0.304 e. The number of ether oxygens (including phenoxy) is 1. The molecule has 1 N–H and O–H groups in total. The van der Waals surface area contributed by atoms with Crippen molar-refractivity contribution >= 4 is 22.0 Å². The van der Waals surface area contributed by atoms with Gasteiger partial charge in [0.05, 0.1) is 30.1 Å². The number of hydrogen-bond donors (Lipinski definition) is 1. The lowest BCUT2D eigenvalue weighted by Crippen LogP contribution is -2.27. The Bertz CT molecular complexity index is 495. The Hall–Kier alpha value is -1.69. The van der Waals surface area contributed by atoms with E-state index in [2.05, 4.69) is 0 Å². The van der Waals surface area contributed by atoms with Crippen LogP contribution in [0.4, 0.5) is 10.7 Å². The van der Waals surface area contributed by atoms with Gasteiger partial charge in [-0.25, -0.2) is 0 Å². The number of aliphatic hydroxyl groups is 1. The van der Waals surface area contributed by atoms with E-state index in [-0.39, 0.29) is 12.1 Å². The molecular weight excluding hydrogens is 282 g/mol. The molecule has 0 radical (unpaired) electrons. The quantitative estimate of drug-likeness (QED) is 0.582. The van der Waals surface area contributed by atoms with Gasteiger partial charge in [0.25, 0.3) is 0 Å². The van der Waals surface area contributed by atoms with Crippen LogP contribution in [0.15, 0.2) is 6.07 Å². The summed E-state index contributed by atoms with van der Waals surface area (Å²) in [5.41, 5.74) is -0.0417. The molecule has 0 aliphatic rings. The second kappa shape index (κ2) is 7.79. The Morgan fingerprint density at radius 1 is 1.65 bits per heavy atom. The van der Waals surface area contributed by atoms with Crippen LogP contribution in [0.5, 0.6) is 0 Å². The van der Waals surface area contributed by atoms with Gasteiger partial charge in [-0.2, -0.15) is 5.26 Å². The predicted octanol–water partition coefficient (Wildman–Crippen LogP) is 2.08. The molecule has 8 heteroatoms. The number of thiophene rings is 1. The van der Waals surface area contributed by atoms with Crippen molar-refractivity contribution in [3.05, 3.63) is 21.1 Å². The first-order chi connectivity index (χ1) is 9.51. The Morgan fingerprint density at radius 2 is 2.35 bits per heavy atom. The standard InChI is InChI=1S/C12H17N3O4S/c1-9(16)11-8-10(15(17)18)12(20-11)14(5-3-4-13)6-7-19-2/h8-9,16H,3,5-7H2,1-2H3. The zero-order valence-electron chi connectivity index (χ0n) is 11.4. The van der Waals surface area contributed by atoms with Crippen LogP contribution >= 0.6 is 11.3 Å². The van der Waals surface area contributed by atoms with E-state index in [9.17, 15) is 15.2 Å². The topological polar surface area (TPSA) is 99.6 Å². The van der Waals surface area contributed by atoms with Gasteiger partial charge in [0, 0.05) is 31.1 Å². The van der Waals surface area contributed by atoms with Crippen LogP contribution in [-0.4, -0.2) is 36.8 Å². The number of nitriles is 1. The van der Waals surface area contributed by atoms with Crippen LogP contribution in [0.1, 0.15) is 24.3 Å². The maximum absolute atomic E-state index is 11.1. The molecule has 0 saturated heterocycles. The van der Waals surface area contributed by atoms with Gasteiger partial charge in [0.15, 0.2) is 5.00 Å². The number of aliphatic hydroxyl groups excluding tert-OH is 1. The van der Waals surface area contributed by atoms with Crippen molar-refractivity contribution in [3.63, 3.8) is 0 Å². The summed E-state index contributed by atoms with van der Waals surface area (Å²) in [6.07, 6.45) is -0.490. The van der Waals surface area contributed by atoms with Crippen LogP contribution in [0.25, 0.3) is 0 Å². The molecule has 1 atom stereocenters. The molecule has 20 heavy (non-hydrogen) atoms. The van der Waals surface area contributed by atoms with Gasteiger partial charge in [-0.05, 0) is 6.92 Å². The molecule has 0 saturated carbocycles. The minimum Gasteiger partial charge on any atom is -0.388 e. The van der Waals surface area contributed by atoms with Crippen LogP contribution < -0.4 is 4.90 Å². The summed E-state index contributed by atoms with van der Waals surface area (Å²) < 4.78 is 4.99. The van der Waals surface area contributed by atoms with E-state index in [1.165, 1.54) is 17.4 Å². The van der Waals surface area contributed by atoms with E-state index >= 15 is 0 Å². The Balaban J connectivity index is 3.09. The molecular formula is C12H17N3O4S. The predicted molar refractivity (Wildman–Crippen MR) is 75.9 cm³/mol. The Kier molecular flexibility index (Phi) is 6.38. The average molecular weight is 299 g/mol. The molecule has 0 aliphatic carbocycles. The maximum atomic E-state index is 11.1. The molecule has 7 nitrogen and oxygen atoms in total. The molecule has 1 heterocycles. The normalized spacial score (nSPS) is 11.9. The van der Waals surface area contributed by atoms with E-state index < -0.39 is 11.0 Å². The molecule has 1 rings (SSSR count). The summed E-state index contributed by atoms with van der Waals surface area (Å²) in [6.45, 7) is 2.82. The highest BCUT2D eigenvalue weighted by molar-refractivity contribution is 7.16. The zero-order chi connectivity index (χ0) is 15.1. The van der Waals surface area contributed by atoms with Crippen molar-refractivity contribution in [1.29, 1.82) is 5.26 Å². The van der Waals surface area contributed by atoms with E-state index in [1.807, 2.05) is 6.07 Å². The van der Waals surface area contributed by atoms with Gasteiger partial charge < -0.3 is 14.7 Å². The molecule has 0 aliphatic heterocycles. The van der Waals surface area contributed by atoms with Gasteiger partial charge in [-0.3, -0.25) is 10.1 Å². The highest BCUT2D eigenvalue weighted by Crippen LogP contribution is 2.40. The van der Waals surface area contributed by atoms with E-state index in [0.29, 0.717) is 29.6 Å². The summed E-state index contributed by atoms with van der Waals surface area (Å²) in [5, 5.41) is 29.8. The second-order valence-electron chi connectivity index (χ2n) is 4.16.